The number of primary amides is 1. The zero-order valence-electron chi connectivity index (χ0n) is 9.93. The summed E-state index contributed by atoms with van der Waals surface area (Å²) in [7, 11) is 0. The molecule has 2 aliphatic heterocycles. The Balaban J connectivity index is 1.87. The lowest BCUT2D eigenvalue weighted by atomic mass is 10.2. The van der Waals surface area contributed by atoms with Gasteiger partial charge in [0.2, 0.25) is 5.91 Å². The highest BCUT2D eigenvalue weighted by Gasteiger charge is 2.31. The summed E-state index contributed by atoms with van der Waals surface area (Å²) in [6.07, 6.45) is 1.72. The maximum atomic E-state index is 12.1. The van der Waals surface area contributed by atoms with Gasteiger partial charge in [-0.15, -0.1) is 0 Å². The Hall–Kier alpha value is -1.14. The van der Waals surface area contributed by atoms with Gasteiger partial charge in [-0.05, 0) is 12.8 Å². The molecular weight excluding hydrogens is 222 g/mol. The molecule has 0 aromatic carbocycles. The van der Waals surface area contributed by atoms with Crippen molar-refractivity contribution in [1.82, 2.24) is 9.80 Å². The van der Waals surface area contributed by atoms with Crippen LogP contribution >= 0.6 is 0 Å². The maximum Gasteiger partial charge on any atom is 0.253 e. The molecule has 1 atom stereocenters. The molecule has 2 fully saturated rings. The van der Waals surface area contributed by atoms with Crippen LogP contribution in [-0.2, 0) is 14.3 Å². The molecule has 2 rings (SSSR count). The van der Waals surface area contributed by atoms with Gasteiger partial charge in [-0.25, -0.2) is 0 Å². The summed E-state index contributed by atoms with van der Waals surface area (Å²) in [5.41, 5.74) is 5.15. The number of morpholine rings is 1. The van der Waals surface area contributed by atoms with E-state index in [0.717, 1.165) is 25.9 Å². The van der Waals surface area contributed by atoms with Gasteiger partial charge in [0, 0.05) is 26.2 Å². The summed E-state index contributed by atoms with van der Waals surface area (Å²) in [4.78, 5) is 26.7. The average Bonchev–Trinajstić information content (AvgIpc) is 2.81. The van der Waals surface area contributed by atoms with Crippen LogP contribution in [0.15, 0.2) is 0 Å². The fourth-order valence-electron chi connectivity index (χ4n) is 2.36. The predicted octanol–water partition coefficient (Wildman–Crippen LogP) is -1.21. The first-order chi connectivity index (χ1) is 8.16. The van der Waals surface area contributed by atoms with E-state index in [9.17, 15) is 9.59 Å². The minimum atomic E-state index is -0.429. The summed E-state index contributed by atoms with van der Waals surface area (Å²) in [6, 6.07) is 0. The lowest BCUT2D eigenvalue weighted by Crippen LogP contribution is -2.52. The molecule has 0 bridgehead atoms. The highest BCUT2D eigenvalue weighted by Crippen LogP contribution is 2.13. The van der Waals surface area contributed by atoms with Gasteiger partial charge in [0.1, 0.15) is 6.10 Å². The molecule has 0 aromatic heterocycles. The molecule has 0 aliphatic carbocycles. The first kappa shape index (κ1) is 12.3. The first-order valence-electron chi connectivity index (χ1n) is 6.08. The van der Waals surface area contributed by atoms with Crippen LogP contribution < -0.4 is 5.73 Å². The third-order valence-electron chi connectivity index (χ3n) is 3.22. The summed E-state index contributed by atoms with van der Waals surface area (Å²) in [5, 5.41) is 0. The molecule has 6 nitrogen and oxygen atoms in total. The largest absolute Gasteiger partial charge is 0.369 e. The third kappa shape index (κ3) is 3.17. The van der Waals surface area contributed by atoms with Gasteiger partial charge in [-0.3, -0.25) is 14.5 Å². The van der Waals surface area contributed by atoms with Crippen molar-refractivity contribution in [2.24, 2.45) is 5.73 Å². The Morgan fingerprint density at radius 3 is 2.59 bits per heavy atom. The van der Waals surface area contributed by atoms with E-state index in [4.69, 9.17) is 10.5 Å². The fraction of sp³-hybridized carbons (Fsp3) is 0.818. The highest BCUT2D eigenvalue weighted by atomic mass is 16.5. The monoisotopic (exact) mass is 241 g/mol. The number of amides is 2. The van der Waals surface area contributed by atoms with Crippen LogP contribution in [0.4, 0.5) is 0 Å². The van der Waals surface area contributed by atoms with Crippen LogP contribution in [0.1, 0.15) is 12.8 Å². The van der Waals surface area contributed by atoms with Crippen molar-refractivity contribution >= 4 is 11.8 Å². The van der Waals surface area contributed by atoms with Crippen molar-refractivity contribution in [2.45, 2.75) is 18.9 Å². The van der Waals surface area contributed by atoms with Crippen molar-refractivity contribution in [1.29, 1.82) is 0 Å². The molecule has 2 aliphatic rings. The van der Waals surface area contributed by atoms with E-state index in [1.54, 1.807) is 0 Å². The Morgan fingerprint density at radius 2 is 1.94 bits per heavy atom. The fourth-order valence-corrected chi connectivity index (χ4v) is 2.36. The number of likely N-dealkylation sites (tertiary alicyclic amines) is 1. The second kappa shape index (κ2) is 5.46. The normalized spacial score (nSPS) is 26.1. The topological polar surface area (TPSA) is 75.9 Å². The summed E-state index contributed by atoms with van der Waals surface area (Å²) in [6.45, 7) is 3.47. The van der Waals surface area contributed by atoms with Crippen LogP contribution in [0.3, 0.4) is 0 Å². The number of ether oxygens (including phenoxy) is 1. The van der Waals surface area contributed by atoms with Gasteiger partial charge >= 0.3 is 0 Å². The lowest BCUT2D eigenvalue weighted by Gasteiger charge is -2.33. The van der Waals surface area contributed by atoms with Gasteiger partial charge in [0.15, 0.2) is 0 Å². The van der Waals surface area contributed by atoms with E-state index in [-0.39, 0.29) is 18.4 Å². The number of carbonyl (C=O) groups excluding carboxylic acids is 2. The van der Waals surface area contributed by atoms with E-state index in [1.807, 2.05) is 9.80 Å². The van der Waals surface area contributed by atoms with Crippen molar-refractivity contribution < 1.29 is 14.3 Å². The number of hydrogen-bond acceptors (Lipinski definition) is 4. The first-order valence-corrected chi connectivity index (χ1v) is 6.08. The van der Waals surface area contributed by atoms with E-state index in [0.29, 0.717) is 19.7 Å². The van der Waals surface area contributed by atoms with Crippen molar-refractivity contribution in [3.05, 3.63) is 0 Å². The summed E-state index contributed by atoms with van der Waals surface area (Å²) in [5.74, 6) is -0.309. The number of rotatable bonds is 3. The van der Waals surface area contributed by atoms with Gasteiger partial charge in [-0.2, -0.15) is 0 Å². The molecule has 2 heterocycles. The molecule has 2 saturated heterocycles. The van der Waals surface area contributed by atoms with Gasteiger partial charge < -0.3 is 15.4 Å². The smallest absolute Gasteiger partial charge is 0.253 e. The molecule has 96 valence electrons. The molecular formula is C11H19N3O3. The Labute approximate surface area is 101 Å². The minimum absolute atomic E-state index is 0.0525. The van der Waals surface area contributed by atoms with Crippen LogP contribution in [-0.4, -0.2) is 67.0 Å². The minimum Gasteiger partial charge on any atom is -0.369 e. The van der Waals surface area contributed by atoms with E-state index >= 15 is 0 Å². The quantitative estimate of drug-likeness (QED) is 0.673. The second-order valence-corrected chi connectivity index (χ2v) is 4.59. The molecule has 2 amide bonds. The number of nitrogens with two attached hydrogens (primary N) is 1. The molecule has 17 heavy (non-hydrogen) atoms. The Bertz CT molecular complexity index is 302. The summed E-state index contributed by atoms with van der Waals surface area (Å²) >= 11 is 0. The molecule has 1 unspecified atom stereocenters. The zero-order valence-corrected chi connectivity index (χ0v) is 9.93. The van der Waals surface area contributed by atoms with Gasteiger partial charge in [-0.1, -0.05) is 0 Å². The molecule has 2 N–H and O–H groups in total. The lowest BCUT2D eigenvalue weighted by molar-refractivity contribution is -0.149. The van der Waals surface area contributed by atoms with Crippen molar-refractivity contribution in [3.63, 3.8) is 0 Å². The Kier molecular flexibility index (Phi) is 3.96. The number of nitrogens with zero attached hydrogens (tertiary/aromatic N) is 2. The Morgan fingerprint density at radius 1 is 1.24 bits per heavy atom. The molecule has 0 radical (unpaired) electrons. The molecule has 0 aromatic rings. The number of hydrogen-bond donors (Lipinski definition) is 1. The zero-order chi connectivity index (χ0) is 12.3. The van der Waals surface area contributed by atoms with Crippen molar-refractivity contribution in [2.75, 3.05) is 39.3 Å². The van der Waals surface area contributed by atoms with Crippen LogP contribution in [0.5, 0.6) is 0 Å². The highest BCUT2D eigenvalue weighted by molar-refractivity contribution is 5.82. The average molecular weight is 241 g/mol. The van der Waals surface area contributed by atoms with Crippen LogP contribution in [0, 0.1) is 0 Å². The molecule has 0 spiro atoms. The van der Waals surface area contributed by atoms with Crippen LogP contribution in [0.2, 0.25) is 0 Å². The van der Waals surface area contributed by atoms with Crippen molar-refractivity contribution in [3.8, 4) is 0 Å². The second-order valence-electron chi connectivity index (χ2n) is 4.59. The third-order valence-corrected chi connectivity index (χ3v) is 3.22. The molecule has 0 saturated carbocycles. The van der Waals surface area contributed by atoms with Gasteiger partial charge in [0.25, 0.3) is 5.91 Å². The maximum absolute atomic E-state index is 12.1. The summed E-state index contributed by atoms with van der Waals surface area (Å²) < 4.78 is 5.48. The SMILES string of the molecule is NC(=O)CN1CCOC(C(=O)N2CCCC2)C1. The van der Waals surface area contributed by atoms with E-state index in [2.05, 4.69) is 0 Å². The van der Waals surface area contributed by atoms with Gasteiger partial charge in [0.05, 0.1) is 13.2 Å². The standard InChI is InChI=1S/C11H19N3O3/c12-10(15)8-13-5-6-17-9(7-13)11(16)14-3-1-2-4-14/h9H,1-8H2,(H2,12,15). The van der Waals surface area contributed by atoms with E-state index < -0.39 is 6.10 Å². The number of carbonyl (C=O) groups is 2. The molecule has 6 heteroatoms. The van der Waals surface area contributed by atoms with Crippen LogP contribution in [0.25, 0.3) is 0 Å². The van der Waals surface area contributed by atoms with E-state index in [1.165, 1.54) is 0 Å². The predicted molar refractivity (Wildman–Crippen MR) is 61.2 cm³/mol.